The molecule has 0 aliphatic carbocycles. The molecular formula is C21H23N3O4S. The molecule has 0 radical (unpaired) electrons. The molecule has 2 heterocycles. The first-order chi connectivity index (χ1) is 14.0. The Bertz CT molecular complexity index is 1000. The molecule has 1 N–H and O–H groups in total. The number of nitrogens with one attached hydrogen (secondary N) is 1. The number of hydrogen-bond donors (Lipinski definition) is 1. The molecule has 29 heavy (non-hydrogen) atoms. The molecule has 0 unspecified atom stereocenters. The van der Waals surface area contributed by atoms with Gasteiger partial charge in [-0.25, -0.2) is 8.42 Å². The second kappa shape index (κ2) is 9.54. The van der Waals surface area contributed by atoms with Gasteiger partial charge in [0.15, 0.2) is 0 Å². The molecule has 1 fully saturated rings. The summed E-state index contributed by atoms with van der Waals surface area (Å²) in [5.41, 5.74) is 1.29. The van der Waals surface area contributed by atoms with Crippen molar-refractivity contribution in [3.63, 3.8) is 0 Å². The van der Waals surface area contributed by atoms with Gasteiger partial charge in [-0.2, -0.15) is 4.31 Å². The van der Waals surface area contributed by atoms with Crippen molar-refractivity contribution >= 4 is 15.9 Å². The molecule has 8 heteroatoms. The highest BCUT2D eigenvalue weighted by Crippen LogP contribution is 2.21. The van der Waals surface area contributed by atoms with Crippen LogP contribution in [0.25, 0.3) is 0 Å². The summed E-state index contributed by atoms with van der Waals surface area (Å²) in [6.45, 7) is 3.36. The van der Waals surface area contributed by atoms with E-state index in [1.165, 1.54) is 28.6 Å². The molecule has 1 saturated heterocycles. The fourth-order valence-corrected chi connectivity index (χ4v) is 4.37. The quantitative estimate of drug-likeness (QED) is 0.732. The summed E-state index contributed by atoms with van der Waals surface area (Å²) in [4.78, 5) is 16.5. The van der Waals surface area contributed by atoms with Gasteiger partial charge >= 0.3 is 0 Å². The summed E-state index contributed by atoms with van der Waals surface area (Å²) in [7, 11) is -3.47. The van der Waals surface area contributed by atoms with Crippen molar-refractivity contribution in [1.29, 1.82) is 0 Å². The van der Waals surface area contributed by atoms with Gasteiger partial charge in [0.2, 0.25) is 10.0 Å². The van der Waals surface area contributed by atoms with Crippen LogP contribution in [0, 0.1) is 18.8 Å². The predicted octanol–water partition coefficient (Wildman–Crippen LogP) is 1.99. The summed E-state index contributed by atoms with van der Waals surface area (Å²) in [6, 6.07) is 9.64. The molecular weight excluding hydrogens is 390 g/mol. The lowest BCUT2D eigenvalue weighted by Gasteiger charge is -2.15. The number of aromatic nitrogens is 1. The first kappa shape index (κ1) is 20.8. The Balaban J connectivity index is 1.47. The first-order valence-corrected chi connectivity index (χ1v) is 10.8. The highest BCUT2D eigenvalue weighted by molar-refractivity contribution is 7.89. The number of ether oxygens (including phenoxy) is 1. The van der Waals surface area contributed by atoms with Crippen LogP contribution in [0.4, 0.5) is 0 Å². The largest absolute Gasteiger partial charge is 0.479 e. The van der Waals surface area contributed by atoms with Crippen LogP contribution in [0.2, 0.25) is 0 Å². The Kier molecular flexibility index (Phi) is 6.86. The van der Waals surface area contributed by atoms with Crippen LogP contribution in [0.3, 0.4) is 0 Å². The third kappa shape index (κ3) is 5.56. The van der Waals surface area contributed by atoms with Crippen molar-refractivity contribution in [3.8, 4) is 17.6 Å². The maximum atomic E-state index is 12.5. The number of hydrogen-bond acceptors (Lipinski definition) is 5. The number of amides is 1. The molecule has 1 aromatic carbocycles. The number of aryl methyl sites for hydroxylation is 1. The molecule has 7 nitrogen and oxygen atoms in total. The monoisotopic (exact) mass is 413 g/mol. The van der Waals surface area contributed by atoms with E-state index in [1.807, 2.05) is 19.1 Å². The third-order valence-corrected chi connectivity index (χ3v) is 6.39. The topological polar surface area (TPSA) is 88.6 Å². The summed E-state index contributed by atoms with van der Waals surface area (Å²) >= 11 is 0. The van der Waals surface area contributed by atoms with Crippen molar-refractivity contribution in [2.24, 2.45) is 0 Å². The van der Waals surface area contributed by atoms with Crippen LogP contribution in [-0.4, -0.2) is 49.9 Å². The van der Waals surface area contributed by atoms with E-state index in [4.69, 9.17) is 4.74 Å². The predicted molar refractivity (Wildman–Crippen MR) is 109 cm³/mol. The zero-order valence-corrected chi connectivity index (χ0v) is 17.0. The molecule has 0 spiro atoms. The van der Waals surface area contributed by atoms with E-state index in [0.717, 1.165) is 18.5 Å². The van der Waals surface area contributed by atoms with Gasteiger partial charge in [0.1, 0.15) is 12.4 Å². The molecule has 1 aliphatic rings. The average molecular weight is 413 g/mol. The van der Waals surface area contributed by atoms with Crippen LogP contribution in [0.15, 0.2) is 47.5 Å². The van der Waals surface area contributed by atoms with Crippen molar-refractivity contribution in [1.82, 2.24) is 14.6 Å². The standard InChI is InChI=1S/C21H23N3O4S/c1-17-6-9-19(16-23-17)28-15-5-2-12-22-21(25)18-7-10-20(11-8-18)29(26,27)24-13-3-4-14-24/h6-11,16H,3-4,12-15H2,1H3,(H,22,25). The zero-order valence-electron chi connectivity index (χ0n) is 16.2. The van der Waals surface area contributed by atoms with E-state index in [2.05, 4.69) is 22.1 Å². The lowest BCUT2D eigenvalue weighted by atomic mass is 10.2. The van der Waals surface area contributed by atoms with Crippen molar-refractivity contribution < 1.29 is 17.9 Å². The van der Waals surface area contributed by atoms with E-state index >= 15 is 0 Å². The number of benzene rings is 1. The highest BCUT2D eigenvalue weighted by atomic mass is 32.2. The Morgan fingerprint density at radius 3 is 2.52 bits per heavy atom. The van der Waals surface area contributed by atoms with E-state index in [9.17, 15) is 13.2 Å². The first-order valence-electron chi connectivity index (χ1n) is 9.36. The van der Waals surface area contributed by atoms with Crippen LogP contribution in [-0.2, 0) is 10.0 Å². The summed E-state index contributed by atoms with van der Waals surface area (Å²) < 4.78 is 31.9. The van der Waals surface area contributed by atoms with E-state index in [0.29, 0.717) is 24.4 Å². The maximum absolute atomic E-state index is 12.5. The molecule has 1 amide bonds. The van der Waals surface area contributed by atoms with Crippen molar-refractivity contribution in [2.45, 2.75) is 24.7 Å². The number of rotatable bonds is 6. The number of pyridine rings is 1. The summed E-state index contributed by atoms with van der Waals surface area (Å²) in [6.07, 6.45) is 3.40. The van der Waals surface area contributed by atoms with Crippen molar-refractivity contribution in [3.05, 3.63) is 53.9 Å². The van der Waals surface area contributed by atoms with Crippen LogP contribution in [0.5, 0.6) is 5.75 Å². The normalized spacial score (nSPS) is 14.1. The van der Waals surface area contributed by atoms with E-state index < -0.39 is 10.0 Å². The van der Waals surface area contributed by atoms with Crippen LogP contribution in [0.1, 0.15) is 28.9 Å². The number of carbonyl (C=O) groups is 1. The van der Waals surface area contributed by atoms with Gasteiger partial charge in [-0.3, -0.25) is 9.78 Å². The minimum absolute atomic E-state index is 0.169. The zero-order chi connectivity index (χ0) is 20.7. The van der Waals surface area contributed by atoms with Crippen LogP contribution >= 0.6 is 0 Å². The number of nitrogens with zero attached hydrogens (tertiary/aromatic N) is 2. The van der Waals surface area contributed by atoms with E-state index in [1.54, 1.807) is 6.20 Å². The summed E-state index contributed by atoms with van der Waals surface area (Å²) in [5.74, 6) is 5.95. The van der Waals surface area contributed by atoms with E-state index in [-0.39, 0.29) is 24.0 Å². The fourth-order valence-electron chi connectivity index (χ4n) is 2.85. The average Bonchev–Trinajstić information content (AvgIpc) is 3.28. The molecule has 0 atom stereocenters. The van der Waals surface area contributed by atoms with Gasteiger partial charge in [0.05, 0.1) is 17.6 Å². The Labute approximate surface area is 171 Å². The van der Waals surface area contributed by atoms with Gasteiger partial charge in [-0.15, -0.1) is 0 Å². The SMILES string of the molecule is Cc1ccc(OCC#CCNC(=O)c2ccc(S(=O)(=O)N3CCCC3)cc2)cn1. The minimum Gasteiger partial charge on any atom is -0.479 e. The Morgan fingerprint density at radius 1 is 1.14 bits per heavy atom. The molecule has 0 saturated carbocycles. The van der Waals surface area contributed by atoms with Gasteiger partial charge in [-0.1, -0.05) is 11.8 Å². The van der Waals surface area contributed by atoms with Gasteiger partial charge in [0.25, 0.3) is 5.91 Å². The maximum Gasteiger partial charge on any atom is 0.252 e. The number of sulfonamides is 1. The molecule has 1 aromatic heterocycles. The van der Waals surface area contributed by atoms with Gasteiger partial charge < -0.3 is 10.1 Å². The Morgan fingerprint density at radius 2 is 1.86 bits per heavy atom. The second-order valence-corrected chi connectivity index (χ2v) is 8.53. The lowest BCUT2D eigenvalue weighted by molar-refractivity contribution is 0.0958. The molecule has 3 rings (SSSR count). The third-order valence-electron chi connectivity index (χ3n) is 4.48. The van der Waals surface area contributed by atoms with Gasteiger partial charge in [-0.05, 0) is 56.2 Å². The Hall–Kier alpha value is -2.89. The lowest BCUT2D eigenvalue weighted by Crippen LogP contribution is -2.28. The molecule has 152 valence electrons. The minimum atomic E-state index is -3.47. The fraction of sp³-hybridized carbons (Fsp3) is 0.333. The second-order valence-electron chi connectivity index (χ2n) is 6.60. The molecule has 2 aromatic rings. The smallest absolute Gasteiger partial charge is 0.252 e. The van der Waals surface area contributed by atoms with Crippen molar-refractivity contribution in [2.75, 3.05) is 26.2 Å². The summed E-state index contributed by atoms with van der Waals surface area (Å²) in [5, 5.41) is 2.68. The number of carbonyl (C=O) groups excluding carboxylic acids is 1. The van der Waals surface area contributed by atoms with Crippen LogP contribution < -0.4 is 10.1 Å². The van der Waals surface area contributed by atoms with Gasteiger partial charge in [0, 0.05) is 24.3 Å². The molecule has 1 aliphatic heterocycles. The highest BCUT2D eigenvalue weighted by Gasteiger charge is 2.27. The molecule has 0 bridgehead atoms.